The molecule has 1 saturated carbocycles. The first kappa shape index (κ1) is 14.8. The Kier molecular flexibility index (Phi) is 4.26. The second kappa shape index (κ2) is 5.77. The van der Waals surface area contributed by atoms with Crippen molar-refractivity contribution in [3.05, 3.63) is 29.3 Å². The summed E-state index contributed by atoms with van der Waals surface area (Å²) in [5.41, 5.74) is -0.497. The molecule has 20 heavy (non-hydrogen) atoms. The molecule has 1 fully saturated rings. The molecule has 0 aromatic heterocycles. The van der Waals surface area contributed by atoms with Gasteiger partial charge in [0.15, 0.2) is 0 Å². The van der Waals surface area contributed by atoms with E-state index in [4.69, 9.17) is 5.11 Å². The molecule has 1 aromatic rings. The summed E-state index contributed by atoms with van der Waals surface area (Å²) in [7, 11) is 1.67. The van der Waals surface area contributed by atoms with Crippen LogP contribution in [0.5, 0.6) is 0 Å². The van der Waals surface area contributed by atoms with E-state index >= 15 is 0 Å². The van der Waals surface area contributed by atoms with Crippen LogP contribution < -0.4 is 4.90 Å². The molecule has 0 saturated heterocycles. The number of hydrogen-bond acceptors (Lipinski definition) is 2. The molecule has 2 atom stereocenters. The Balaban J connectivity index is 2.29. The first-order chi connectivity index (χ1) is 9.40. The molecular formula is C15H19F2NO2. The molecule has 0 spiro atoms. The second-order valence-corrected chi connectivity index (χ2v) is 5.63. The van der Waals surface area contributed by atoms with E-state index in [1.165, 1.54) is 0 Å². The normalized spacial score (nSPS) is 22.6. The topological polar surface area (TPSA) is 40.5 Å². The molecule has 1 aliphatic carbocycles. The van der Waals surface area contributed by atoms with Gasteiger partial charge in [0.2, 0.25) is 0 Å². The van der Waals surface area contributed by atoms with Gasteiger partial charge in [0.05, 0.1) is 5.56 Å². The lowest BCUT2D eigenvalue weighted by Gasteiger charge is -2.35. The van der Waals surface area contributed by atoms with Crippen LogP contribution in [0.2, 0.25) is 0 Å². The van der Waals surface area contributed by atoms with Crippen LogP contribution in [0, 0.1) is 17.6 Å². The van der Waals surface area contributed by atoms with Gasteiger partial charge < -0.3 is 10.0 Å². The molecule has 2 rings (SSSR count). The maximum absolute atomic E-state index is 14.0. The average Bonchev–Trinajstić information content (AvgIpc) is 2.37. The fourth-order valence-electron chi connectivity index (χ4n) is 2.96. The van der Waals surface area contributed by atoms with Gasteiger partial charge in [-0.3, -0.25) is 0 Å². The molecule has 0 heterocycles. The summed E-state index contributed by atoms with van der Waals surface area (Å²) in [5, 5.41) is 8.80. The minimum Gasteiger partial charge on any atom is -0.478 e. The maximum atomic E-state index is 14.0. The van der Waals surface area contributed by atoms with Crippen molar-refractivity contribution in [1.29, 1.82) is 0 Å². The van der Waals surface area contributed by atoms with Gasteiger partial charge in [0.25, 0.3) is 0 Å². The van der Waals surface area contributed by atoms with Gasteiger partial charge in [-0.05, 0) is 30.9 Å². The van der Waals surface area contributed by atoms with E-state index in [0.717, 1.165) is 37.8 Å². The van der Waals surface area contributed by atoms with Crippen LogP contribution in [0.15, 0.2) is 12.1 Å². The third-order valence-corrected chi connectivity index (χ3v) is 4.07. The molecule has 0 aliphatic heterocycles. The van der Waals surface area contributed by atoms with E-state index in [0.29, 0.717) is 5.92 Å². The van der Waals surface area contributed by atoms with Crippen molar-refractivity contribution in [2.75, 3.05) is 11.9 Å². The van der Waals surface area contributed by atoms with Crippen LogP contribution in [0.3, 0.4) is 0 Å². The predicted octanol–water partition coefficient (Wildman–Crippen LogP) is 3.68. The van der Waals surface area contributed by atoms with Crippen molar-refractivity contribution in [2.24, 2.45) is 5.92 Å². The number of rotatable bonds is 3. The van der Waals surface area contributed by atoms with E-state index < -0.39 is 17.6 Å². The van der Waals surface area contributed by atoms with Crippen LogP contribution in [0.1, 0.15) is 43.0 Å². The number of carbonyl (C=O) groups is 1. The first-order valence-corrected chi connectivity index (χ1v) is 6.85. The Labute approximate surface area is 117 Å². The Morgan fingerprint density at radius 1 is 1.30 bits per heavy atom. The molecule has 1 aliphatic rings. The minimum atomic E-state index is -1.33. The van der Waals surface area contributed by atoms with Crippen LogP contribution in [0.4, 0.5) is 14.5 Å². The highest BCUT2D eigenvalue weighted by atomic mass is 19.1. The fraction of sp³-hybridized carbons (Fsp3) is 0.533. The summed E-state index contributed by atoms with van der Waals surface area (Å²) in [4.78, 5) is 12.4. The third-order valence-electron chi connectivity index (χ3n) is 4.07. The largest absolute Gasteiger partial charge is 0.478 e. The molecule has 2 unspecified atom stereocenters. The molecule has 5 heteroatoms. The van der Waals surface area contributed by atoms with Crippen molar-refractivity contribution in [3.63, 3.8) is 0 Å². The highest BCUT2D eigenvalue weighted by molar-refractivity contribution is 5.88. The average molecular weight is 283 g/mol. The molecule has 3 nitrogen and oxygen atoms in total. The van der Waals surface area contributed by atoms with Crippen molar-refractivity contribution >= 4 is 11.7 Å². The van der Waals surface area contributed by atoms with Crippen LogP contribution in [-0.2, 0) is 0 Å². The van der Waals surface area contributed by atoms with Crippen molar-refractivity contribution in [2.45, 2.75) is 38.6 Å². The van der Waals surface area contributed by atoms with Gasteiger partial charge >= 0.3 is 5.97 Å². The molecule has 110 valence electrons. The summed E-state index contributed by atoms with van der Waals surface area (Å²) in [5.74, 6) is -2.42. The Bertz CT molecular complexity index is 496. The molecule has 0 bridgehead atoms. The molecule has 0 radical (unpaired) electrons. The number of hydrogen-bond donors (Lipinski definition) is 1. The lowest BCUT2D eigenvalue weighted by atomic mass is 9.86. The molecule has 1 N–H and O–H groups in total. The van der Waals surface area contributed by atoms with E-state index in [2.05, 4.69) is 6.92 Å². The number of nitrogens with zero attached hydrogens (tertiary/aromatic N) is 1. The monoisotopic (exact) mass is 283 g/mol. The van der Waals surface area contributed by atoms with E-state index in [-0.39, 0.29) is 17.3 Å². The van der Waals surface area contributed by atoms with Crippen molar-refractivity contribution in [1.82, 2.24) is 0 Å². The standard InChI is InChI=1S/C15H19F2NO2/c1-9-4-3-5-11(6-9)18(2)14-12(16)7-10(15(19)20)8-13(14)17/h7-9,11H,3-6H2,1-2H3,(H,19,20). The lowest BCUT2D eigenvalue weighted by Crippen LogP contribution is -2.36. The number of halogens is 2. The first-order valence-electron chi connectivity index (χ1n) is 6.85. The lowest BCUT2D eigenvalue weighted by molar-refractivity contribution is 0.0695. The number of benzene rings is 1. The van der Waals surface area contributed by atoms with Crippen LogP contribution in [0.25, 0.3) is 0 Å². The number of anilines is 1. The zero-order valence-electron chi connectivity index (χ0n) is 11.7. The summed E-state index contributed by atoms with van der Waals surface area (Å²) >= 11 is 0. The van der Waals surface area contributed by atoms with Gasteiger partial charge in [-0.2, -0.15) is 0 Å². The third kappa shape index (κ3) is 2.92. The quantitative estimate of drug-likeness (QED) is 0.920. The van der Waals surface area contributed by atoms with Crippen molar-refractivity contribution < 1.29 is 18.7 Å². The van der Waals surface area contributed by atoms with Gasteiger partial charge in [-0.25, -0.2) is 13.6 Å². The summed E-state index contributed by atoms with van der Waals surface area (Å²) < 4.78 is 28.1. The van der Waals surface area contributed by atoms with Gasteiger partial charge in [0, 0.05) is 13.1 Å². The number of carboxylic acid groups (broad SMARTS) is 1. The summed E-state index contributed by atoms with van der Waals surface area (Å²) in [6.45, 7) is 2.14. The highest BCUT2D eigenvalue weighted by Gasteiger charge is 2.26. The van der Waals surface area contributed by atoms with Crippen LogP contribution in [-0.4, -0.2) is 24.2 Å². The second-order valence-electron chi connectivity index (χ2n) is 5.63. The van der Waals surface area contributed by atoms with Crippen molar-refractivity contribution in [3.8, 4) is 0 Å². The smallest absolute Gasteiger partial charge is 0.335 e. The Morgan fingerprint density at radius 2 is 1.90 bits per heavy atom. The maximum Gasteiger partial charge on any atom is 0.335 e. The SMILES string of the molecule is CC1CCCC(N(C)c2c(F)cc(C(=O)O)cc2F)C1. The van der Waals surface area contributed by atoms with Gasteiger partial charge in [-0.15, -0.1) is 0 Å². The van der Waals surface area contributed by atoms with Crippen LogP contribution >= 0.6 is 0 Å². The predicted molar refractivity (Wildman–Crippen MR) is 73.1 cm³/mol. The zero-order chi connectivity index (χ0) is 14.9. The van der Waals surface area contributed by atoms with Gasteiger partial charge in [-0.1, -0.05) is 19.8 Å². The fourth-order valence-corrected chi connectivity index (χ4v) is 2.96. The molecule has 0 amide bonds. The Hall–Kier alpha value is -1.65. The van der Waals surface area contributed by atoms with E-state index in [1.54, 1.807) is 11.9 Å². The van der Waals surface area contributed by atoms with E-state index in [9.17, 15) is 13.6 Å². The zero-order valence-corrected chi connectivity index (χ0v) is 11.7. The highest BCUT2D eigenvalue weighted by Crippen LogP contribution is 2.32. The molecule has 1 aromatic carbocycles. The Morgan fingerprint density at radius 3 is 2.40 bits per heavy atom. The number of aromatic carboxylic acids is 1. The number of carboxylic acids is 1. The minimum absolute atomic E-state index is 0.0958. The molecular weight excluding hydrogens is 264 g/mol. The van der Waals surface area contributed by atoms with Gasteiger partial charge in [0.1, 0.15) is 17.3 Å². The van der Waals surface area contributed by atoms with E-state index in [1.807, 2.05) is 0 Å². The summed E-state index contributed by atoms with van der Waals surface area (Å²) in [6, 6.07) is 1.85. The summed E-state index contributed by atoms with van der Waals surface area (Å²) in [6.07, 6.45) is 4.00.